The van der Waals surface area contributed by atoms with E-state index in [0.29, 0.717) is 5.56 Å². The Morgan fingerprint density at radius 1 is 1.26 bits per heavy atom. The molecule has 140 valence electrons. The van der Waals surface area contributed by atoms with Crippen LogP contribution in [0, 0.1) is 5.82 Å². The van der Waals surface area contributed by atoms with E-state index < -0.39 is 0 Å². The lowest BCUT2D eigenvalue weighted by molar-refractivity contribution is -0.121. The summed E-state index contributed by atoms with van der Waals surface area (Å²) in [5.74, 6) is 0.445. The number of para-hydroxylation sites is 2. The quantitative estimate of drug-likeness (QED) is 0.745. The van der Waals surface area contributed by atoms with Gasteiger partial charge in [0.1, 0.15) is 11.6 Å². The smallest absolute Gasteiger partial charge is 0.224 e. The maximum Gasteiger partial charge on any atom is 0.224 e. The van der Waals surface area contributed by atoms with Gasteiger partial charge >= 0.3 is 0 Å². The third-order valence-electron chi connectivity index (χ3n) is 5.27. The van der Waals surface area contributed by atoms with Crippen molar-refractivity contribution in [1.82, 2.24) is 20.2 Å². The van der Waals surface area contributed by atoms with Crippen molar-refractivity contribution in [1.29, 1.82) is 0 Å². The molecule has 2 unspecified atom stereocenters. The number of aromatic amines is 1. The number of fused-ring (bicyclic) bond motifs is 1. The summed E-state index contributed by atoms with van der Waals surface area (Å²) in [5.41, 5.74) is 2.40. The Kier molecular flexibility index (Phi) is 4.90. The molecule has 1 saturated heterocycles. The summed E-state index contributed by atoms with van der Waals surface area (Å²) in [6, 6.07) is 14.6. The SMILES string of the molecule is CN1CCC(NC(=O)Cc2ccccc2F)CC1c1nc2ccccc2[nH]1. The van der Waals surface area contributed by atoms with Crippen molar-refractivity contribution in [3.05, 3.63) is 65.7 Å². The minimum atomic E-state index is -0.337. The van der Waals surface area contributed by atoms with Gasteiger partial charge in [0, 0.05) is 12.6 Å². The molecular formula is C21H23FN4O. The molecule has 3 aromatic rings. The van der Waals surface area contributed by atoms with Crippen LogP contribution in [-0.2, 0) is 11.2 Å². The number of hydrogen-bond acceptors (Lipinski definition) is 3. The summed E-state index contributed by atoms with van der Waals surface area (Å²) in [7, 11) is 2.08. The van der Waals surface area contributed by atoms with Gasteiger partial charge < -0.3 is 10.3 Å². The van der Waals surface area contributed by atoms with E-state index in [1.807, 2.05) is 24.3 Å². The van der Waals surface area contributed by atoms with Crippen molar-refractivity contribution in [3.63, 3.8) is 0 Å². The zero-order valence-corrected chi connectivity index (χ0v) is 15.3. The average Bonchev–Trinajstić information content (AvgIpc) is 3.09. The maximum atomic E-state index is 13.8. The molecule has 0 spiro atoms. The van der Waals surface area contributed by atoms with Gasteiger partial charge in [-0.05, 0) is 43.7 Å². The van der Waals surface area contributed by atoms with E-state index in [4.69, 9.17) is 4.98 Å². The van der Waals surface area contributed by atoms with Crippen LogP contribution in [0.5, 0.6) is 0 Å². The zero-order chi connectivity index (χ0) is 18.8. The third kappa shape index (κ3) is 3.85. The van der Waals surface area contributed by atoms with Crippen molar-refractivity contribution in [3.8, 4) is 0 Å². The summed E-state index contributed by atoms with van der Waals surface area (Å²) in [6.45, 7) is 0.867. The lowest BCUT2D eigenvalue weighted by Gasteiger charge is -2.36. The topological polar surface area (TPSA) is 61.0 Å². The van der Waals surface area contributed by atoms with Gasteiger partial charge in [-0.2, -0.15) is 0 Å². The van der Waals surface area contributed by atoms with Gasteiger partial charge in [0.25, 0.3) is 0 Å². The monoisotopic (exact) mass is 366 g/mol. The van der Waals surface area contributed by atoms with E-state index in [2.05, 4.69) is 22.2 Å². The van der Waals surface area contributed by atoms with Crippen molar-refractivity contribution in [2.45, 2.75) is 31.3 Å². The molecule has 0 radical (unpaired) electrons. The van der Waals surface area contributed by atoms with Crippen molar-refractivity contribution in [2.75, 3.05) is 13.6 Å². The van der Waals surface area contributed by atoms with Gasteiger partial charge in [0.15, 0.2) is 0 Å². The highest BCUT2D eigenvalue weighted by molar-refractivity contribution is 5.79. The van der Waals surface area contributed by atoms with E-state index in [-0.39, 0.29) is 30.2 Å². The lowest BCUT2D eigenvalue weighted by atomic mass is 9.96. The van der Waals surface area contributed by atoms with Crippen LogP contribution in [-0.4, -0.2) is 40.4 Å². The summed E-state index contributed by atoms with van der Waals surface area (Å²) in [5, 5.41) is 3.07. The molecule has 1 aliphatic rings. The van der Waals surface area contributed by atoms with Crippen LogP contribution in [0.1, 0.15) is 30.3 Å². The molecule has 0 bridgehead atoms. The molecule has 2 aromatic carbocycles. The first-order chi connectivity index (χ1) is 13.1. The molecule has 2 N–H and O–H groups in total. The Hall–Kier alpha value is -2.73. The molecule has 27 heavy (non-hydrogen) atoms. The van der Waals surface area contributed by atoms with Crippen LogP contribution >= 0.6 is 0 Å². The zero-order valence-electron chi connectivity index (χ0n) is 15.3. The number of H-pyrrole nitrogens is 1. The van der Waals surface area contributed by atoms with Gasteiger partial charge in [0.2, 0.25) is 5.91 Å². The van der Waals surface area contributed by atoms with E-state index in [9.17, 15) is 9.18 Å². The first kappa shape index (κ1) is 17.7. The fraction of sp³-hybridized carbons (Fsp3) is 0.333. The number of piperidine rings is 1. The summed E-state index contributed by atoms with van der Waals surface area (Å²) in [4.78, 5) is 22.8. The fourth-order valence-corrected chi connectivity index (χ4v) is 3.76. The Balaban J connectivity index is 1.44. The van der Waals surface area contributed by atoms with E-state index in [1.54, 1.807) is 18.2 Å². The number of nitrogens with zero attached hydrogens (tertiary/aromatic N) is 2. The number of halogens is 1. The van der Waals surface area contributed by atoms with Gasteiger partial charge in [-0.1, -0.05) is 30.3 Å². The predicted octanol–water partition coefficient (Wildman–Crippen LogP) is 3.20. The van der Waals surface area contributed by atoms with Crippen molar-refractivity contribution >= 4 is 16.9 Å². The molecule has 1 aromatic heterocycles. The molecule has 0 aliphatic carbocycles. The first-order valence-corrected chi connectivity index (χ1v) is 9.28. The van der Waals surface area contributed by atoms with Gasteiger partial charge in [0.05, 0.1) is 23.5 Å². The highest BCUT2D eigenvalue weighted by Crippen LogP contribution is 2.29. The first-order valence-electron chi connectivity index (χ1n) is 9.28. The molecule has 2 heterocycles. The number of rotatable bonds is 4. The van der Waals surface area contributed by atoms with Crippen molar-refractivity contribution in [2.24, 2.45) is 0 Å². The molecule has 1 aliphatic heterocycles. The number of benzene rings is 2. The fourth-order valence-electron chi connectivity index (χ4n) is 3.76. The Morgan fingerprint density at radius 3 is 2.85 bits per heavy atom. The molecule has 1 amide bonds. The molecule has 6 heteroatoms. The lowest BCUT2D eigenvalue weighted by Crippen LogP contribution is -2.45. The molecule has 1 fully saturated rings. The second-order valence-electron chi connectivity index (χ2n) is 7.19. The number of imidazole rings is 1. The standard InChI is InChI=1S/C21H23FN4O/c1-26-11-10-15(23-20(27)12-14-6-2-3-7-16(14)22)13-19(26)21-24-17-8-4-5-9-18(17)25-21/h2-9,15,19H,10-13H2,1H3,(H,23,27)(H,24,25). The van der Waals surface area contributed by atoms with Gasteiger partial charge in [-0.15, -0.1) is 0 Å². The van der Waals surface area contributed by atoms with Gasteiger partial charge in [-0.25, -0.2) is 9.37 Å². The number of carbonyl (C=O) groups is 1. The number of hydrogen-bond donors (Lipinski definition) is 2. The maximum absolute atomic E-state index is 13.8. The number of nitrogens with one attached hydrogen (secondary N) is 2. The Bertz CT molecular complexity index is 921. The number of aromatic nitrogens is 2. The summed E-state index contributed by atoms with van der Waals surface area (Å²) in [6.07, 6.45) is 1.71. The Labute approximate surface area is 157 Å². The molecule has 0 saturated carbocycles. The highest BCUT2D eigenvalue weighted by Gasteiger charge is 2.30. The minimum Gasteiger partial charge on any atom is -0.353 e. The van der Waals surface area contributed by atoms with Gasteiger partial charge in [-0.3, -0.25) is 9.69 Å². The van der Waals surface area contributed by atoms with Crippen LogP contribution in [0.3, 0.4) is 0 Å². The summed E-state index contributed by atoms with van der Waals surface area (Å²) < 4.78 is 13.8. The number of carbonyl (C=O) groups excluding carboxylic acids is 1. The van der Waals surface area contributed by atoms with Crippen LogP contribution in [0.2, 0.25) is 0 Å². The second-order valence-corrected chi connectivity index (χ2v) is 7.19. The predicted molar refractivity (Wildman–Crippen MR) is 103 cm³/mol. The van der Waals surface area contributed by atoms with E-state index >= 15 is 0 Å². The van der Waals surface area contributed by atoms with Crippen LogP contribution < -0.4 is 5.32 Å². The number of amides is 1. The summed E-state index contributed by atoms with van der Waals surface area (Å²) >= 11 is 0. The average molecular weight is 366 g/mol. The molecular weight excluding hydrogens is 343 g/mol. The minimum absolute atomic E-state index is 0.0543. The molecule has 5 nitrogen and oxygen atoms in total. The third-order valence-corrected chi connectivity index (χ3v) is 5.27. The highest BCUT2D eigenvalue weighted by atomic mass is 19.1. The van der Waals surface area contributed by atoms with E-state index in [0.717, 1.165) is 36.2 Å². The van der Waals surface area contributed by atoms with Crippen molar-refractivity contribution < 1.29 is 9.18 Å². The van der Waals surface area contributed by atoms with Crippen LogP contribution in [0.4, 0.5) is 4.39 Å². The largest absolute Gasteiger partial charge is 0.353 e. The Morgan fingerprint density at radius 2 is 2.04 bits per heavy atom. The normalized spacial score (nSPS) is 20.7. The van der Waals surface area contributed by atoms with Crippen LogP contribution in [0.25, 0.3) is 11.0 Å². The van der Waals surface area contributed by atoms with E-state index in [1.165, 1.54) is 6.07 Å². The molecule has 2 atom stereocenters. The number of likely N-dealkylation sites (tertiary alicyclic amines) is 1. The van der Waals surface area contributed by atoms with Crippen LogP contribution in [0.15, 0.2) is 48.5 Å². The second kappa shape index (κ2) is 7.48. The molecule has 4 rings (SSSR count).